The third-order valence-corrected chi connectivity index (χ3v) is 5.40. The molecule has 28 heavy (non-hydrogen) atoms. The minimum absolute atomic E-state index is 0.00877. The number of nitrogens with one attached hydrogen (secondary N) is 1. The van der Waals surface area contributed by atoms with E-state index in [-0.39, 0.29) is 12.0 Å². The van der Waals surface area contributed by atoms with Gasteiger partial charge in [-0.1, -0.05) is 56.9 Å². The maximum absolute atomic E-state index is 13.4. The van der Waals surface area contributed by atoms with E-state index in [1.807, 2.05) is 50.2 Å². The largest absolute Gasteiger partial charge is 0.490 e. The maximum Gasteiger partial charge on any atom is 0.256 e. The van der Waals surface area contributed by atoms with Crippen molar-refractivity contribution < 1.29 is 14.3 Å². The van der Waals surface area contributed by atoms with Gasteiger partial charge in [-0.15, -0.1) is 0 Å². The highest BCUT2D eigenvalue weighted by atomic mass is 16.5. The maximum atomic E-state index is 13.4. The second-order valence-corrected chi connectivity index (χ2v) is 8.03. The molecule has 1 aliphatic rings. The summed E-state index contributed by atoms with van der Waals surface area (Å²) >= 11 is 0. The number of amides is 1. The monoisotopic (exact) mass is 383 g/mol. The van der Waals surface area contributed by atoms with Crippen LogP contribution < -0.4 is 10.1 Å². The fourth-order valence-electron chi connectivity index (χ4n) is 4.01. The number of fused-ring (bicyclic) bond motifs is 1. The summed E-state index contributed by atoms with van der Waals surface area (Å²) < 4.78 is 12.1. The molecule has 0 atom stereocenters. The number of carbonyl (C=O) groups excluding carboxylic acids is 1. The average Bonchev–Trinajstić information content (AvgIpc) is 2.94. The van der Waals surface area contributed by atoms with Crippen LogP contribution in [0.4, 0.5) is 5.69 Å². The highest BCUT2D eigenvalue weighted by molar-refractivity contribution is 6.06. The first-order valence-corrected chi connectivity index (χ1v) is 10.7. The van der Waals surface area contributed by atoms with Crippen molar-refractivity contribution in [2.45, 2.75) is 77.4 Å². The highest BCUT2D eigenvalue weighted by Gasteiger charge is 2.39. The number of ether oxygens (including phenoxy) is 2. The molecule has 0 heterocycles. The Hall–Kier alpha value is -2.07. The number of hydrogen-bond donors (Lipinski definition) is 1. The van der Waals surface area contributed by atoms with Crippen LogP contribution >= 0.6 is 0 Å². The lowest BCUT2D eigenvalue weighted by Crippen LogP contribution is -2.45. The molecule has 1 fully saturated rings. The molecule has 1 N–H and O–H groups in total. The van der Waals surface area contributed by atoms with E-state index in [0.29, 0.717) is 6.61 Å². The van der Waals surface area contributed by atoms with E-state index in [1.165, 1.54) is 12.8 Å². The smallest absolute Gasteiger partial charge is 0.256 e. The zero-order valence-electron chi connectivity index (χ0n) is 17.4. The second-order valence-electron chi connectivity index (χ2n) is 8.03. The van der Waals surface area contributed by atoms with Crippen molar-refractivity contribution in [2.75, 3.05) is 11.9 Å². The number of hydrogen-bond acceptors (Lipinski definition) is 3. The van der Waals surface area contributed by atoms with Crippen LogP contribution in [0.5, 0.6) is 5.75 Å². The summed E-state index contributed by atoms with van der Waals surface area (Å²) in [7, 11) is 0. The number of anilines is 1. The van der Waals surface area contributed by atoms with Gasteiger partial charge in [0.05, 0.1) is 6.10 Å². The first-order chi connectivity index (χ1) is 13.6. The molecule has 0 unspecified atom stereocenters. The molecule has 0 radical (unpaired) electrons. The van der Waals surface area contributed by atoms with Gasteiger partial charge in [-0.2, -0.15) is 0 Å². The van der Waals surface area contributed by atoms with Crippen LogP contribution in [-0.4, -0.2) is 24.2 Å². The molecule has 0 spiro atoms. The van der Waals surface area contributed by atoms with Gasteiger partial charge in [0.2, 0.25) is 0 Å². The molecule has 0 bridgehead atoms. The van der Waals surface area contributed by atoms with Crippen LogP contribution in [0.2, 0.25) is 0 Å². The number of rotatable bonds is 7. The van der Waals surface area contributed by atoms with Crippen molar-refractivity contribution in [3.8, 4) is 5.75 Å². The van der Waals surface area contributed by atoms with Crippen molar-refractivity contribution in [3.05, 3.63) is 36.4 Å². The summed E-state index contributed by atoms with van der Waals surface area (Å²) in [5, 5.41) is 5.20. The fourth-order valence-corrected chi connectivity index (χ4v) is 4.01. The predicted octanol–water partition coefficient (Wildman–Crippen LogP) is 6.09. The quantitative estimate of drug-likeness (QED) is 0.589. The zero-order chi connectivity index (χ0) is 20.0. The first-order valence-electron chi connectivity index (χ1n) is 10.7. The topological polar surface area (TPSA) is 47.6 Å². The highest BCUT2D eigenvalue weighted by Crippen LogP contribution is 2.35. The van der Waals surface area contributed by atoms with Crippen LogP contribution in [-0.2, 0) is 9.53 Å². The molecular weight excluding hydrogens is 350 g/mol. The standard InChI is InChI=1S/C24H33NO3/c1-4-17-27-24(15-9-5-6-10-16-24)23(26)25-21-13-14-22(28-18(2)3)20-12-8-7-11-19(20)21/h7-8,11-14,18H,4-6,9-10,15-17H2,1-3H3,(H,25,26). The van der Waals surface area contributed by atoms with Crippen molar-refractivity contribution in [1.82, 2.24) is 0 Å². The third kappa shape index (κ3) is 4.67. The molecule has 1 aliphatic carbocycles. The Morgan fingerprint density at radius 3 is 2.36 bits per heavy atom. The van der Waals surface area contributed by atoms with Gasteiger partial charge in [0.15, 0.2) is 0 Å². The Morgan fingerprint density at radius 1 is 1.04 bits per heavy atom. The summed E-state index contributed by atoms with van der Waals surface area (Å²) in [4.78, 5) is 13.4. The molecule has 152 valence electrons. The number of benzene rings is 2. The van der Waals surface area contributed by atoms with Gasteiger partial charge in [0.25, 0.3) is 5.91 Å². The minimum atomic E-state index is -0.708. The first kappa shape index (κ1) is 20.7. The van der Waals surface area contributed by atoms with Gasteiger partial charge < -0.3 is 14.8 Å². The summed E-state index contributed by atoms with van der Waals surface area (Å²) in [5.41, 5.74) is 0.112. The van der Waals surface area contributed by atoms with E-state index >= 15 is 0 Å². The van der Waals surface area contributed by atoms with Crippen LogP contribution in [0, 0.1) is 0 Å². The number of carbonyl (C=O) groups is 1. The van der Waals surface area contributed by atoms with Crippen LogP contribution in [0.25, 0.3) is 10.8 Å². The van der Waals surface area contributed by atoms with E-state index < -0.39 is 5.60 Å². The lowest BCUT2D eigenvalue weighted by molar-refractivity contribution is -0.143. The fraction of sp³-hybridized carbons (Fsp3) is 0.542. The summed E-state index contributed by atoms with van der Waals surface area (Å²) in [5.74, 6) is 0.834. The van der Waals surface area contributed by atoms with E-state index in [0.717, 1.165) is 54.3 Å². The van der Waals surface area contributed by atoms with Crippen molar-refractivity contribution >= 4 is 22.4 Å². The summed E-state index contributed by atoms with van der Waals surface area (Å²) in [6.07, 6.45) is 7.04. The molecule has 0 saturated heterocycles. The lowest BCUT2D eigenvalue weighted by Gasteiger charge is -2.31. The molecule has 4 nitrogen and oxygen atoms in total. The van der Waals surface area contributed by atoms with Gasteiger partial charge in [-0.3, -0.25) is 4.79 Å². The van der Waals surface area contributed by atoms with Crippen molar-refractivity contribution in [1.29, 1.82) is 0 Å². The van der Waals surface area contributed by atoms with Crippen molar-refractivity contribution in [3.63, 3.8) is 0 Å². The minimum Gasteiger partial charge on any atom is -0.490 e. The van der Waals surface area contributed by atoms with Gasteiger partial charge in [-0.25, -0.2) is 0 Å². The zero-order valence-corrected chi connectivity index (χ0v) is 17.4. The third-order valence-electron chi connectivity index (χ3n) is 5.40. The molecule has 1 saturated carbocycles. The lowest BCUT2D eigenvalue weighted by atomic mass is 9.92. The van der Waals surface area contributed by atoms with Gasteiger partial charge in [-0.05, 0) is 45.2 Å². The van der Waals surface area contributed by atoms with Crippen LogP contribution in [0.1, 0.15) is 65.7 Å². The van der Waals surface area contributed by atoms with Crippen LogP contribution in [0.3, 0.4) is 0 Å². The van der Waals surface area contributed by atoms with Gasteiger partial charge >= 0.3 is 0 Å². The molecule has 1 amide bonds. The van der Waals surface area contributed by atoms with E-state index in [9.17, 15) is 4.79 Å². The average molecular weight is 384 g/mol. The summed E-state index contributed by atoms with van der Waals surface area (Å²) in [6, 6.07) is 12.0. The second kappa shape index (κ2) is 9.42. The molecule has 2 aromatic carbocycles. The Morgan fingerprint density at radius 2 is 1.71 bits per heavy atom. The van der Waals surface area contributed by atoms with Gasteiger partial charge in [0.1, 0.15) is 11.4 Å². The van der Waals surface area contributed by atoms with Crippen molar-refractivity contribution in [2.24, 2.45) is 0 Å². The van der Waals surface area contributed by atoms with E-state index in [1.54, 1.807) is 0 Å². The SMILES string of the molecule is CCCOC1(C(=O)Nc2ccc(OC(C)C)c3ccccc23)CCCCCC1. The molecule has 3 rings (SSSR count). The molecule has 0 aliphatic heterocycles. The van der Waals surface area contributed by atoms with E-state index in [4.69, 9.17) is 9.47 Å². The Balaban J connectivity index is 1.91. The molecule has 2 aromatic rings. The molecule has 4 heteroatoms. The predicted molar refractivity (Wildman–Crippen MR) is 115 cm³/mol. The summed E-state index contributed by atoms with van der Waals surface area (Å²) in [6.45, 7) is 6.75. The van der Waals surface area contributed by atoms with E-state index in [2.05, 4.69) is 12.2 Å². The van der Waals surface area contributed by atoms with Crippen LogP contribution in [0.15, 0.2) is 36.4 Å². The Labute approximate surface area is 168 Å². The molecular formula is C24H33NO3. The molecule has 0 aromatic heterocycles. The Bertz CT molecular complexity index is 792. The Kier molecular flexibility index (Phi) is 6.95. The normalized spacial score (nSPS) is 16.7. The van der Waals surface area contributed by atoms with Gasteiger partial charge in [0, 0.05) is 23.1 Å².